The van der Waals surface area contributed by atoms with Gasteiger partial charge in [0.25, 0.3) is 0 Å². The van der Waals surface area contributed by atoms with Gasteiger partial charge in [-0.05, 0) is 19.1 Å². The Morgan fingerprint density at radius 1 is 1.67 bits per heavy atom. The minimum absolute atomic E-state index is 0.183. The molecule has 0 amide bonds. The fraction of sp³-hybridized carbons (Fsp3) is 0.300. The fourth-order valence-corrected chi connectivity index (χ4v) is 2.16. The van der Waals surface area contributed by atoms with Crippen molar-refractivity contribution in [1.82, 2.24) is 10.3 Å². The maximum Gasteiger partial charge on any atom is 0.120 e. The van der Waals surface area contributed by atoms with Crippen LogP contribution in [0.3, 0.4) is 0 Å². The van der Waals surface area contributed by atoms with Crippen molar-refractivity contribution in [3.05, 3.63) is 39.7 Å². The Labute approximate surface area is 97.1 Å². The van der Waals surface area contributed by atoms with E-state index in [1.165, 1.54) is 11.3 Å². The predicted octanol–water partition coefficient (Wildman–Crippen LogP) is 3.24. The number of thiazole rings is 1. The van der Waals surface area contributed by atoms with Gasteiger partial charge >= 0.3 is 0 Å². The highest BCUT2D eigenvalue weighted by Crippen LogP contribution is 2.19. The molecule has 0 fully saturated rings. The molecule has 0 aliphatic rings. The van der Waals surface area contributed by atoms with Crippen molar-refractivity contribution in [2.75, 3.05) is 0 Å². The zero-order valence-corrected chi connectivity index (χ0v) is 9.81. The van der Waals surface area contributed by atoms with Crippen LogP contribution >= 0.6 is 22.9 Å². The molecule has 5 heteroatoms. The van der Waals surface area contributed by atoms with Gasteiger partial charge in [0, 0.05) is 6.54 Å². The van der Waals surface area contributed by atoms with E-state index in [0.717, 1.165) is 15.1 Å². The molecule has 1 atom stereocenters. The standard InChI is InChI=1S/C10H11ClN2OS/c1-7(8-3-2-4-14-8)12-6-10-13-5-9(11)15-10/h2-5,7,12H,6H2,1H3. The molecule has 1 N–H and O–H groups in total. The summed E-state index contributed by atoms with van der Waals surface area (Å²) in [6, 6.07) is 4.02. The largest absolute Gasteiger partial charge is 0.468 e. The first kappa shape index (κ1) is 10.7. The molecule has 0 bridgehead atoms. The molecule has 0 aliphatic heterocycles. The molecule has 2 heterocycles. The van der Waals surface area contributed by atoms with Gasteiger partial charge in [-0.25, -0.2) is 4.98 Å². The first-order valence-electron chi connectivity index (χ1n) is 4.62. The second kappa shape index (κ2) is 4.79. The van der Waals surface area contributed by atoms with E-state index in [0.29, 0.717) is 6.54 Å². The summed E-state index contributed by atoms with van der Waals surface area (Å²) < 4.78 is 6.00. The third kappa shape index (κ3) is 2.81. The lowest BCUT2D eigenvalue weighted by atomic mass is 10.2. The van der Waals surface area contributed by atoms with Crippen molar-refractivity contribution in [1.29, 1.82) is 0 Å². The molecule has 0 spiro atoms. The first-order chi connectivity index (χ1) is 7.25. The SMILES string of the molecule is CC(NCc1ncc(Cl)s1)c1ccco1. The fourth-order valence-electron chi connectivity index (χ4n) is 1.25. The molecule has 0 aromatic carbocycles. The summed E-state index contributed by atoms with van der Waals surface area (Å²) in [5.41, 5.74) is 0. The summed E-state index contributed by atoms with van der Waals surface area (Å²) >= 11 is 7.27. The maximum atomic E-state index is 5.78. The van der Waals surface area contributed by atoms with Gasteiger partial charge in [-0.15, -0.1) is 11.3 Å². The van der Waals surface area contributed by atoms with Gasteiger partial charge in [-0.3, -0.25) is 0 Å². The van der Waals surface area contributed by atoms with E-state index in [1.54, 1.807) is 12.5 Å². The quantitative estimate of drug-likeness (QED) is 0.895. The van der Waals surface area contributed by atoms with Crippen LogP contribution in [0.1, 0.15) is 23.7 Å². The van der Waals surface area contributed by atoms with E-state index < -0.39 is 0 Å². The molecule has 2 aromatic heterocycles. The summed E-state index contributed by atoms with van der Waals surface area (Å²) in [5, 5.41) is 4.29. The van der Waals surface area contributed by atoms with Gasteiger partial charge in [-0.1, -0.05) is 11.6 Å². The summed E-state index contributed by atoms with van der Waals surface area (Å²) in [6.45, 7) is 2.76. The number of rotatable bonds is 4. The van der Waals surface area contributed by atoms with Crippen molar-refractivity contribution in [3.8, 4) is 0 Å². The Balaban J connectivity index is 1.88. The highest BCUT2D eigenvalue weighted by atomic mass is 35.5. The molecule has 15 heavy (non-hydrogen) atoms. The number of aromatic nitrogens is 1. The number of nitrogens with one attached hydrogen (secondary N) is 1. The molecule has 0 saturated heterocycles. The first-order valence-corrected chi connectivity index (χ1v) is 5.82. The number of halogens is 1. The predicted molar refractivity (Wildman–Crippen MR) is 61.1 cm³/mol. The van der Waals surface area contributed by atoms with Crippen LogP contribution < -0.4 is 5.32 Å². The van der Waals surface area contributed by atoms with Crippen molar-refractivity contribution >= 4 is 22.9 Å². The summed E-state index contributed by atoms with van der Waals surface area (Å²) in [5.74, 6) is 0.928. The minimum Gasteiger partial charge on any atom is -0.468 e. The second-order valence-electron chi connectivity index (χ2n) is 3.18. The van der Waals surface area contributed by atoms with Gasteiger partial charge < -0.3 is 9.73 Å². The summed E-state index contributed by atoms with van der Waals surface area (Å²) in [6.07, 6.45) is 3.34. The Kier molecular flexibility index (Phi) is 3.41. The van der Waals surface area contributed by atoms with Crippen LogP contribution in [0.25, 0.3) is 0 Å². The van der Waals surface area contributed by atoms with Crippen LogP contribution in [0.2, 0.25) is 4.34 Å². The molecule has 1 unspecified atom stereocenters. The third-order valence-electron chi connectivity index (χ3n) is 2.05. The van der Waals surface area contributed by atoms with E-state index in [4.69, 9.17) is 16.0 Å². The third-order valence-corrected chi connectivity index (χ3v) is 3.17. The Bertz CT molecular complexity index is 413. The number of hydrogen-bond acceptors (Lipinski definition) is 4. The van der Waals surface area contributed by atoms with Gasteiger partial charge in [-0.2, -0.15) is 0 Å². The smallest absolute Gasteiger partial charge is 0.120 e. The van der Waals surface area contributed by atoms with Gasteiger partial charge in [0.1, 0.15) is 15.1 Å². The number of furan rings is 1. The lowest BCUT2D eigenvalue weighted by Gasteiger charge is -2.09. The van der Waals surface area contributed by atoms with Gasteiger partial charge in [0.05, 0.1) is 18.5 Å². The topological polar surface area (TPSA) is 38.1 Å². The van der Waals surface area contributed by atoms with E-state index in [-0.39, 0.29) is 6.04 Å². The van der Waals surface area contributed by atoms with Crippen LogP contribution in [0, 0.1) is 0 Å². The molecular weight excluding hydrogens is 232 g/mol. The van der Waals surface area contributed by atoms with Crippen LogP contribution in [-0.2, 0) is 6.54 Å². The van der Waals surface area contributed by atoms with Crippen molar-refractivity contribution < 1.29 is 4.42 Å². The average molecular weight is 243 g/mol. The normalized spacial score (nSPS) is 12.9. The van der Waals surface area contributed by atoms with Crippen LogP contribution in [0.4, 0.5) is 0 Å². The van der Waals surface area contributed by atoms with E-state index in [1.807, 2.05) is 19.1 Å². The van der Waals surface area contributed by atoms with Crippen molar-refractivity contribution in [3.63, 3.8) is 0 Å². The molecule has 2 aromatic rings. The number of hydrogen-bond donors (Lipinski definition) is 1. The lowest BCUT2D eigenvalue weighted by molar-refractivity contribution is 0.430. The summed E-state index contributed by atoms with van der Waals surface area (Å²) in [7, 11) is 0. The van der Waals surface area contributed by atoms with Gasteiger partial charge in [0.15, 0.2) is 0 Å². The maximum absolute atomic E-state index is 5.78. The highest BCUT2D eigenvalue weighted by molar-refractivity contribution is 7.15. The zero-order chi connectivity index (χ0) is 10.7. The van der Waals surface area contributed by atoms with Gasteiger partial charge in [0.2, 0.25) is 0 Å². The zero-order valence-electron chi connectivity index (χ0n) is 8.24. The second-order valence-corrected chi connectivity index (χ2v) is 4.92. The Hall–Kier alpha value is -0.840. The average Bonchev–Trinajstić information content (AvgIpc) is 2.84. The van der Waals surface area contributed by atoms with E-state index >= 15 is 0 Å². The molecule has 0 saturated carbocycles. The van der Waals surface area contributed by atoms with Crippen LogP contribution in [0.15, 0.2) is 29.0 Å². The molecule has 2 rings (SSSR count). The van der Waals surface area contributed by atoms with E-state index in [9.17, 15) is 0 Å². The molecule has 0 aliphatic carbocycles. The highest BCUT2D eigenvalue weighted by Gasteiger charge is 2.08. The Morgan fingerprint density at radius 2 is 2.53 bits per heavy atom. The van der Waals surface area contributed by atoms with Crippen molar-refractivity contribution in [2.45, 2.75) is 19.5 Å². The Morgan fingerprint density at radius 3 is 3.13 bits per heavy atom. The molecule has 0 radical (unpaired) electrons. The lowest BCUT2D eigenvalue weighted by Crippen LogP contribution is -2.17. The molecule has 80 valence electrons. The van der Waals surface area contributed by atoms with E-state index in [2.05, 4.69) is 10.3 Å². The molecular formula is C10H11ClN2OS. The monoisotopic (exact) mass is 242 g/mol. The van der Waals surface area contributed by atoms with Crippen LogP contribution in [0.5, 0.6) is 0 Å². The van der Waals surface area contributed by atoms with Crippen molar-refractivity contribution in [2.24, 2.45) is 0 Å². The summed E-state index contributed by atoms with van der Waals surface area (Å²) in [4.78, 5) is 4.16. The molecule has 3 nitrogen and oxygen atoms in total. The number of nitrogens with zero attached hydrogens (tertiary/aromatic N) is 1. The van der Waals surface area contributed by atoms with Crippen LogP contribution in [-0.4, -0.2) is 4.98 Å². The minimum atomic E-state index is 0.183.